The number of rotatable bonds is 0. The van der Waals surface area contributed by atoms with Crippen molar-refractivity contribution in [1.29, 1.82) is 0 Å². The highest BCUT2D eigenvalue weighted by Gasteiger charge is 1.95. The van der Waals surface area contributed by atoms with Crippen molar-refractivity contribution in [1.82, 2.24) is 0 Å². The molecule has 0 aromatic heterocycles. The van der Waals surface area contributed by atoms with E-state index in [0.717, 1.165) is 0 Å². The first-order valence-electron chi connectivity index (χ1n) is 5.55. The van der Waals surface area contributed by atoms with Gasteiger partial charge >= 0.3 is 0 Å². The van der Waals surface area contributed by atoms with Crippen LogP contribution in [0.3, 0.4) is 0 Å². The van der Waals surface area contributed by atoms with Gasteiger partial charge in [-0.2, -0.15) is 0 Å². The van der Waals surface area contributed by atoms with Gasteiger partial charge in [0.25, 0.3) is 0 Å². The van der Waals surface area contributed by atoms with E-state index in [9.17, 15) is 0 Å². The van der Waals surface area contributed by atoms with Crippen LogP contribution in [0.5, 0.6) is 0 Å². The van der Waals surface area contributed by atoms with Crippen LogP contribution in [0, 0.1) is 0 Å². The molecule has 0 heterocycles. The van der Waals surface area contributed by atoms with E-state index in [1.54, 1.807) is 5.57 Å². The molecule has 0 fully saturated rings. The Kier molecular flexibility index (Phi) is 5.14. The second-order valence-electron chi connectivity index (χ2n) is 4.06. The molecule has 0 saturated carbocycles. The van der Waals surface area contributed by atoms with Crippen LogP contribution in [0.2, 0.25) is 0 Å². The number of allylic oxidation sites excluding steroid dienone is 2. The molecule has 0 unspecified atom stereocenters. The van der Waals surface area contributed by atoms with Crippen LogP contribution in [0.15, 0.2) is 11.6 Å². The van der Waals surface area contributed by atoms with Gasteiger partial charge in [-0.1, -0.05) is 43.8 Å². The predicted octanol–water partition coefficient (Wildman–Crippen LogP) is 4.46. The van der Waals surface area contributed by atoms with Crippen LogP contribution < -0.4 is 0 Å². The molecule has 0 bridgehead atoms. The normalized spacial score (nSPS) is 26.9. The van der Waals surface area contributed by atoms with E-state index >= 15 is 0 Å². The Labute approximate surface area is 77.1 Å². The zero-order chi connectivity index (χ0) is 8.65. The molecule has 12 heavy (non-hydrogen) atoms. The highest BCUT2D eigenvalue weighted by Crippen LogP contribution is 2.15. The van der Waals surface area contributed by atoms with Crippen molar-refractivity contribution in [2.75, 3.05) is 0 Å². The molecule has 0 atom stereocenters. The van der Waals surface area contributed by atoms with Gasteiger partial charge in [-0.15, -0.1) is 0 Å². The Morgan fingerprint density at radius 2 is 1.42 bits per heavy atom. The summed E-state index contributed by atoms with van der Waals surface area (Å²) in [7, 11) is 0. The van der Waals surface area contributed by atoms with Gasteiger partial charge in [-0.05, 0) is 32.6 Å². The van der Waals surface area contributed by atoms with Crippen molar-refractivity contribution in [2.45, 2.75) is 64.7 Å². The maximum absolute atomic E-state index is 2.45. The molecule has 1 rings (SSSR count). The summed E-state index contributed by atoms with van der Waals surface area (Å²) >= 11 is 0. The number of hydrogen-bond donors (Lipinski definition) is 0. The van der Waals surface area contributed by atoms with Gasteiger partial charge < -0.3 is 0 Å². The van der Waals surface area contributed by atoms with Gasteiger partial charge in [0.15, 0.2) is 0 Å². The van der Waals surface area contributed by atoms with Crippen molar-refractivity contribution in [3.63, 3.8) is 0 Å². The van der Waals surface area contributed by atoms with Crippen molar-refractivity contribution < 1.29 is 0 Å². The highest BCUT2D eigenvalue weighted by molar-refractivity contribution is 4.97. The second kappa shape index (κ2) is 6.28. The van der Waals surface area contributed by atoms with E-state index in [1.807, 2.05) is 0 Å². The molecule has 70 valence electrons. The zero-order valence-electron chi connectivity index (χ0n) is 8.44. The Morgan fingerprint density at radius 3 is 2.17 bits per heavy atom. The summed E-state index contributed by atoms with van der Waals surface area (Å²) in [5.41, 5.74) is 1.62. The molecule has 0 aromatic carbocycles. The molecule has 0 heteroatoms. The third kappa shape index (κ3) is 4.58. The smallest absolute Gasteiger partial charge is 0.0323 e. The molecule has 0 aromatic rings. The monoisotopic (exact) mass is 166 g/mol. The fraction of sp³-hybridized carbons (Fsp3) is 0.833. The largest absolute Gasteiger partial charge is 0.0856 e. The molecule has 0 aliphatic heterocycles. The van der Waals surface area contributed by atoms with Gasteiger partial charge in [-0.25, -0.2) is 0 Å². The third-order valence-corrected chi connectivity index (χ3v) is 2.77. The lowest BCUT2D eigenvalue weighted by Gasteiger charge is -1.99. The standard InChI is InChI=1S/C12H22/c1-12-10-8-6-4-2-3-5-7-9-11-12/h10H,2-9,11H2,1H3/b12-10+. The first-order valence-corrected chi connectivity index (χ1v) is 5.55. The first-order chi connectivity index (χ1) is 5.89. The Bertz CT molecular complexity index is 133. The summed E-state index contributed by atoms with van der Waals surface area (Å²) in [6, 6.07) is 0. The topological polar surface area (TPSA) is 0 Å². The van der Waals surface area contributed by atoms with E-state index in [4.69, 9.17) is 0 Å². The molecular formula is C12H22. The summed E-state index contributed by atoms with van der Waals surface area (Å²) in [4.78, 5) is 0. The minimum absolute atomic E-state index is 1.33. The van der Waals surface area contributed by atoms with Gasteiger partial charge in [-0.3, -0.25) is 0 Å². The minimum atomic E-state index is 1.33. The lowest BCUT2D eigenvalue weighted by Crippen LogP contribution is -1.79. The molecule has 0 spiro atoms. The SMILES string of the molecule is C/C1=C\CCCCCCCCC1. The maximum atomic E-state index is 2.45. The van der Waals surface area contributed by atoms with E-state index in [2.05, 4.69) is 13.0 Å². The van der Waals surface area contributed by atoms with Crippen molar-refractivity contribution in [2.24, 2.45) is 0 Å². The van der Waals surface area contributed by atoms with Crippen LogP contribution in [0.25, 0.3) is 0 Å². The molecule has 0 amide bonds. The van der Waals surface area contributed by atoms with Crippen LogP contribution in [-0.4, -0.2) is 0 Å². The first kappa shape index (κ1) is 9.83. The molecule has 1 aliphatic rings. The zero-order valence-corrected chi connectivity index (χ0v) is 8.44. The minimum Gasteiger partial charge on any atom is -0.0856 e. The fourth-order valence-electron chi connectivity index (χ4n) is 1.88. The third-order valence-electron chi connectivity index (χ3n) is 2.77. The van der Waals surface area contributed by atoms with Crippen molar-refractivity contribution in [3.05, 3.63) is 11.6 Å². The molecule has 0 nitrogen and oxygen atoms in total. The van der Waals surface area contributed by atoms with Gasteiger partial charge in [0.1, 0.15) is 0 Å². The predicted molar refractivity (Wildman–Crippen MR) is 55.3 cm³/mol. The molecular weight excluding hydrogens is 144 g/mol. The van der Waals surface area contributed by atoms with E-state index in [0.29, 0.717) is 0 Å². The average Bonchev–Trinajstić information content (AvgIpc) is 2.11. The maximum Gasteiger partial charge on any atom is -0.0323 e. The van der Waals surface area contributed by atoms with Gasteiger partial charge in [0, 0.05) is 0 Å². The molecule has 1 aliphatic carbocycles. The Morgan fingerprint density at radius 1 is 0.833 bits per heavy atom. The van der Waals surface area contributed by atoms with E-state index in [1.165, 1.54) is 57.8 Å². The second-order valence-corrected chi connectivity index (χ2v) is 4.06. The van der Waals surface area contributed by atoms with Crippen LogP contribution in [0.4, 0.5) is 0 Å². The molecule has 0 saturated heterocycles. The summed E-state index contributed by atoms with van der Waals surface area (Å²) < 4.78 is 0. The van der Waals surface area contributed by atoms with E-state index < -0.39 is 0 Å². The lowest BCUT2D eigenvalue weighted by molar-refractivity contribution is 0.587. The molecule has 0 N–H and O–H groups in total. The number of hydrogen-bond acceptors (Lipinski definition) is 0. The molecule has 0 radical (unpaired) electrons. The van der Waals surface area contributed by atoms with Crippen LogP contribution in [0.1, 0.15) is 64.7 Å². The summed E-state index contributed by atoms with van der Waals surface area (Å²) in [5, 5.41) is 0. The summed E-state index contributed by atoms with van der Waals surface area (Å²) in [6.07, 6.45) is 15.3. The highest BCUT2D eigenvalue weighted by atomic mass is 14.0. The van der Waals surface area contributed by atoms with E-state index in [-0.39, 0.29) is 0 Å². The van der Waals surface area contributed by atoms with Crippen molar-refractivity contribution in [3.8, 4) is 0 Å². The average molecular weight is 166 g/mol. The lowest BCUT2D eigenvalue weighted by atomic mass is 10.1. The quantitative estimate of drug-likeness (QED) is 0.466. The fourth-order valence-corrected chi connectivity index (χ4v) is 1.88. The van der Waals surface area contributed by atoms with Crippen LogP contribution in [-0.2, 0) is 0 Å². The van der Waals surface area contributed by atoms with Crippen LogP contribution >= 0.6 is 0 Å². The Hall–Kier alpha value is -0.260. The Balaban J connectivity index is 2.25. The summed E-state index contributed by atoms with van der Waals surface area (Å²) in [6.45, 7) is 2.29. The van der Waals surface area contributed by atoms with Gasteiger partial charge in [0.2, 0.25) is 0 Å². The van der Waals surface area contributed by atoms with Gasteiger partial charge in [0.05, 0.1) is 0 Å². The van der Waals surface area contributed by atoms with Crippen molar-refractivity contribution >= 4 is 0 Å². The summed E-state index contributed by atoms with van der Waals surface area (Å²) in [5.74, 6) is 0.